The van der Waals surface area contributed by atoms with E-state index in [4.69, 9.17) is 0 Å². The molecule has 0 saturated heterocycles. The third-order valence-electron chi connectivity index (χ3n) is 5.12. The Hall–Kier alpha value is -1.45. The Morgan fingerprint density at radius 1 is 1.05 bits per heavy atom. The highest BCUT2D eigenvalue weighted by molar-refractivity contribution is 7.90. The number of rotatable bonds is 5. The molecular weight excluding hydrogens is 298 g/mol. The lowest BCUT2D eigenvalue weighted by Gasteiger charge is -2.24. The maximum absolute atomic E-state index is 11.6. The first-order valence-electron chi connectivity index (χ1n) is 7.77. The average molecular weight is 319 g/mol. The summed E-state index contributed by atoms with van der Waals surface area (Å²) in [5.74, 6) is 0.219. The Kier molecular flexibility index (Phi) is 3.74. The smallest absolute Gasteiger partial charge is 0.229 e. The predicted molar refractivity (Wildman–Crippen MR) is 85.3 cm³/mol. The number of benzene rings is 1. The summed E-state index contributed by atoms with van der Waals surface area (Å²) in [6.45, 7) is 0. The number of isocyanates is 1. The summed E-state index contributed by atoms with van der Waals surface area (Å²) in [5.41, 5.74) is 1.54. The molecule has 0 aliphatic heterocycles. The summed E-state index contributed by atoms with van der Waals surface area (Å²) < 4.78 is 23.2. The molecule has 0 aromatic heterocycles. The SMILES string of the molecule is CS(=O)(=O)CC1(c2ccc(C3(N=C=O)CCCC3)cc2)CC1. The topological polar surface area (TPSA) is 63.6 Å². The van der Waals surface area contributed by atoms with Crippen molar-refractivity contribution in [2.24, 2.45) is 4.99 Å². The zero-order valence-corrected chi connectivity index (χ0v) is 13.7. The van der Waals surface area contributed by atoms with Crippen LogP contribution in [0.3, 0.4) is 0 Å². The van der Waals surface area contributed by atoms with Gasteiger partial charge in [0.25, 0.3) is 0 Å². The maximum Gasteiger partial charge on any atom is 0.235 e. The van der Waals surface area contributed by atoms with Crippen LogP contribution in [0.5, 0.6) is 0 Å². The van der Waals surface area contributed by atoms with Crippen LogP contribution in [0.15, 0.2) is 29.3 Å². The molecule has 3 rings (SSSR count). The summed E-state index contributed by atoms with van der Waals surface area (Å²) >= 11 is 0. The van der Waals surface area contributed by atoms with Gasteiger partial charge in [-0.1, -0.05) is 37.1 Å². The molecule has 2 saturated carbocycles. The Morgan fingerprint density at radius 2 is 1.59 bits per heavy atom. The van der Waals surface area contributed by atoms with E-state index in [0.29, 0.717) is 0 Å². The molecule has 0 atom stereocenters. The van der Waals surface area contributed by atoms with Gasteiger partial charge in [-0.3, -0.25) is 0 Å². The van der Waals surface area contributed by atoms with Crippen LogP contribution < -0.4 is 0 Å². The molecular formula is C17H21NO3S. The van der Waals surface area contributed by atoms with Crippen molar-refractivity contribution in [3.63, 3.8) is 0 Å². The van der Waals surface area contributed by atoms with Gasteiger partial charge >= 0.3 is 0 Å². The summed E-state index contributed by atoms with van der Waals surface area (Å²) in [4.78, 5) is 14.9. The van der Waals surface area contributed by atoms with Gasteiger partial charge in [-0.25, -0.2) is 13.2 Å². The number of sulfone groups is 1. The molecule has 2 aliphatic carbocycles. The van der Waals surface area contributed by atoms with Gasteiger partial charge < -0.3 is 0 Å². The average Bonchev–Trinajstić information content (AvgIpc) is 3.06. The third kappa shape index (κ3) is 2.88. The molecule has 22 heavy (non-hydrogen) atoms. The van der Waals surface area contributed by atoms with Crippen LogP contribution in [0, 0.1) is 0 Å². The van der Waals surface area contributed by atoms with Gasteiger partial charge in [0.2, 0.25) is 6.08 Å². The summed E-state index contributed by atoms with van der Waals surface area (Å²) in [7, 11) is -2.98. The largest absolute Gasteiger partial charge is 0.235 e. The van der Waals surface area contributed by atoms with E-state index in [1.165, 1.54) is 6.26 Å². The monoisotopic (exact) mass is 319 g/mol. The number of hydrogen-bond donors (Lipinski definition) is 0. The molecule has 0 radical (unpaired) electrons. The van der Waals surface area contributed by atoms with Crippen LogP contribution in [0.25, 0.3) is 0 Å². The van der Waals surface area contributed by atoms with Crippen molar-refractivity contribution < 1.29 is 13.2 Å². The van der Waals surface area contributed by atoms with Crippen molar-refractivity contribution in [2.45, 2.75) is 49.5 Å². The van der Waals surface area contributed by atoms with E-state index in [2.05, 4.69) is 4.99 Å². The minimum Gasteiger partial charge on any atom is -0.229 e. The molecule has 1 aromatic carbocycles. The van der Waals surface area contributed by atoms with E-state index in [9.17, 15) is 13.2 Å². The highest BCUT2D eigenvalue weighted by atomic mass is 32.2. The highest BCUT2D eigenvalue weighted by Gasteiger charge is 2.47. The summed E-state index contributed by atoms with van der Waals surface area (Å²) in [6.07, 6.45) is 8.81. The van der Waals surface area contributed by atoms with Crippen LogP contribution in [-0.4, -0.2) is 26.5 Å². The summed E-state index contributed by atoms with van der Waals surface area (Å²) in [5, 5.41) is 0. The van der Waals surface area contributed by atoms with Gasteiger partial charge in [-0.15, -0.1) is 0 Å². The molecule has 2 fully saturated rings. The van der Waals surface area contributed by atoms with Crippen LogP contribution in [0.4, 0.5) is 0 Å². The van der Waals surface area contributed by atoms with Crippen molar-refractivity contribution in [3.05, 3.63) is 35.4 Å². The molecule has 0 unspecified atom stereocenters. The van der Waals surface area contributed by atoms with E-state index in [1.807, 2.05) is 24.3 Å². The Bertz CT molecular complexity index is 705. The number of hydrogen-bond acceptors (Lipinski definition) is 4. The first-order valence-corrected chi connectivity index (χ1v) is 9.83. The second kappa shape index (κ2) is 5.32. The van der Waals surface area contributed by atoms with E-state index in [-0.39, 0.29) is 11.2 Å². The number of aliphatic imine (C=N–C) groups is 1. The molecule has 1 aromatic rings. The fraction of sp³-hybridized carbons (Fsp3) is 0.588. The lowest BCUT2D eigenvalue weighted by Crippen LogP contribution is -2.21. The number of carbonyl (C=O) groups excluding carboxylic acids is 1. The lowest BCUT2D eigenvalue weighted by molar-refractivity contribution is 0.455. The van der Waals surface area contributed by atoms with E-state index >= 15 is 0 Å². The van der Waals surface area contributed by atoms with Crippen molar-refractivity contribution in [1.82, 2.24) is 0 Å². The minimum atomic E-state index is -2.98. The fourth-order valence-electron chi connectivity index (χ4n) is 3.82. The maximum atomic E-state index is 11.6. The van der Waals surface area contributed by atoms with Crippen LogP contribution in [0.1, 0.15) is 49.7 Å². The zero-order valence-electron chi connectivity index (χ0n) is 12.8. The van der Waals surface area contributed by atoms with Gasteiger partial charge in [-0.2, -0.15) is 4.99 Å². The van der Waals surface area contributed by atoms with Crippen molar-refractivity contribution in [3.8, 4) is 0 Å². The quantitative estimate of drug-likeness (QED) is 0.619. The normalized spacial score (nSPS) is 22.0. The van der Waals surface area contributed by atoms with Gasteiger partial charge in [0, 0.05) is 11.7 Å². The minimum absolute atomic E-state index is 0.192. The molecule has 0 N–H and O–H groups in total. The van der Waals surface area contributed by atoms with Crippen molar-refractivity contribution in [2.75, 3.05) is 12.0 Å². The predicted octanol–water partition coefficient (Wildman–Crippen LogP) is 2.87. The van der Waals surface area contributed by atoms with Gasteiger partial charge in [-0.05, 0) is 36.8 Å². The van der Waals surface area contributed by atoms with Gasteiger partial charge in [0.05, 0.1) is 11.3 Å². The van der Waals surface area contributed by atoms with Gasteiger partial charge in [0.1, 0.15) is 9.84 Å². The second-order valence-corrected chi connectivity index (χ2v) is 9.01. The standard InChI is InChI=1S/C17H21NO3S/c1-22(20,21)12-16(10-11-16)14-4-6-15(7-5-14)17(18-13-19)8-2-3-9-17/h4-7H,2-3,8-12H2,1H3. The van der Waals surface area contributed by atoms with Gasteiger partial charge in [0.15, 0.2) is 0 Å². The summed E-state index contributed by atoms with van der Waals surface area (Å²) in [6, 6.07) is 8.08. The molecule has 5 heteroatoms. The number of nitrogens with zero attached hydrogens (tertiary/aromatic N) is 1. The Morgan fingerprint density at radius 3 is 2.05 bits per heavy atom. The second-order valence-electron chi connectivity index (χ2n) is 6.87. The lowest BCUT2D eigenvalue weighted by atomic mass is 9.87. The molecule has 0 heterocycles. The molecule has 4 nitrogen and oxygen atoms in total. The van der Waals surface area contributed by atoms with E-state index in [0.717, 1.165) is 49.7 Å². The van der Waals surface area contributed by atoms with Crippen LogP contribution in [-0.2, 0) is 25.6 Å². The first-order chi connectivity index (χ1) is 10.4. The molecule has 0 spiro atoms. The third-order valence-corrected chi connectivity index (χ3v) is 6.19. The van der Waals surface area contributed by atoms with Crippen molar-refractivity contribution in [1.29, 1.82) is 0 Å². The molecule has 2 aliphatic rings. The fourth-order valence-corrected chi connectivity index (χ4v) is 5.27. The Balaban J connectivity index is 1.89. The molecule has 0 bridgehead atoms. The van der Waals surface area contributed by atoms with E-state index < -0.39 is 15.4 Å². The van der Waals surface area contributed by atoms with Crippen LogP contribution in [0.2, 0.25) is 0 Å². The van der Waals surface area contributed by atoms with Crippen LogP contribution >= 0.6 is 0 Å². The molecule has 0 amide bonds. The highest BCUT2D eigenvalue weighted by Crippen LogP contribution is 2.50. The first kappa shape index (κ1) is 15.4. The van der Waals surface area contributed by atoms with E-state index in [1.54, 1.807) is 6.08 Å². The van der Waals surface area contributed by atoms with Crippen molar-refractivity contribution >= 4 is 15.9 Å². The Labute approximate surface area is 131 Å². The zero-order chi connectivity index (χ0) is 15.8. The molecule has 118 valence electrons.